The third kappa shape index (κ3) is 6.34. The molecule has 0 saturated carbocycles. The van der Waals surface area contributed by atoms with Gasteiger partial charge in [0.05, 0.1) is 23.2 Å². The number of ether oxygens (including phenoxy) is 1. The zero-order valence-corrected chi connectivity index (χ0v) is 12.6. The van der Waals surface area contributed by atoms with Crippen molar-refractivity contribution in [2.75, 3.05) is 39.1 Å². The first-order valence-corrected chi connectivity index (χ1v) is 7.70. The lowest BCUT2D eigenvalue weighted by Crippen LogP contribution is -2.38. The van der Waals surface area contributed by atoms with Crippen molar-refractivity contribution in [2.24, 2.45) is 0 Å². The summed E-state index contributed by atoms with van der Waals surface area (Å²) in [6.45, 7) is 7.34. The van der Waals surface area contributed by atoms with Crippen LogP contribution in [0.1, 0.15) is 27.2 Å². The van der Waals surface area contributed by atoms with E-state index in [2.05, 4.69) is 6.07 Å². The monoisotopic (exact) mass is 276 g/mol. The summed E-state index contributed by atoms with van der Waals surface area (Å²) >= 11 is 0. The lowest BCUT2D eigenvalue weighted by atomic mass is 10.3. The number of nitriles is 1. The SMILES string of the molecule is COCCN(CCC#N)CCS(=O)(=O)C(C)(C)C. The van der Waals surface area contributed by atoms with Crippen LogP contribution in [0, 0.1) is 11.3 Å². The van der Waals surface area contributed by atoms with E-state index in [0.717, 1.165) is 0 Å². The molecule has 18 heavy (non-hydrogen) atoms. The Kier molecular flexibility index (Phi) is 7.45. The van der Waals surface area contributed by atoms with Gasteiger partial charge in [-0.1, -0.05) is 0 Å². The Morgan fingerprint density at radius 3 is 2.28 bits per heavy atom. The number of sulfone groups is 1. The third-order valence-electron chi connectivity index (χ3n) is 2.76. The van der Waals surface area contributed by atoms with Gasteiger partial charge in [-0.25, -0.2) is 8.42 Å². The highest BCUT2D eigenvalue weighted by Gasteiger charge is 2.28. The average molecular weight is 276 g/mol. The third-order valence-corrected chi connectivity index (χ3v) is 5.35. The summed E-state index contributed by atoms with van der Waals surface area (Å²) in [6, 6.07) is 2.07. The maximum Gasteiger partial charge on any atom is 0.156 e. The molecule has 0 bridgehead atoms. The van der Waals surface area contributed by atoms with E-state index in [1.807, 2.05) is 4.90 Å². The van der Waals surface area contributed by atoms with Gasteiger partial charge in [0.15, 0.2) is 9.84 Å². The highest BCUT2D eigenvalue weighted by atomic mass is 32.2. The zero-order chi connectivity index (χ0) is 14.2. The second-order valence-electron chi connectivity index (χ2n) is 5.17. The first-order chi connectivity index (χ1) is 8.24. The first kappa shape index (κ1) is 17.4. The number of hydrogen-bond acceptors (Lipinski definition) is 5. The Morgan fingerprint density at radius 1 is 1.22 bits per heavy atom. The molecule has 0 fully saturated rings. The molecule has 0 saturated heterocycles. The van der Waals surface area contributed by atoms with Gasteiger partial charge < -0.3 is 4.74 Å². The number of hydrogen-bond donors (Lipinski definition) is 0. The quantitative estimate of drug-likeness (QED) is 0.663. The summed E-state index contributed by atoms with van der Waals surface area (Å²) in [5.74, 6) is 0.117. The van der Waals surface area contributed by atoms with Gasteiger partial charge in [0.1, 0.15) is 0 Å². The van der Waals surface area contributed by atoms with Crippen LogP contribution in [-0.2, 0) is 14.6 Å². The van der Waals surface area contributed by atoms with Crippen LogP contribution in [0.5, 0.6) is 0 Å². The zero-order valence-electron chi connectivity index (χ0n) is 11.8. The smallest absolute Gasteiger partial charge is 0.156 e. The topological polar surface area (TPSA) is 70.4 Å². The summed E-state index contributed by atoms with van der Waals surface area (Å²) in [4.78, 5) is 1.95. The highest BCUT2D eigenvalue weighted by molar-refractivity contribution is 7.92. The average Bonchev–Trinajstić information content (AvgIpc) is 2.26. The Hall–Kier alpha value is -0.640. The van der Waals surface area contributed by atoms with Gasteiger partial charge in [-0.2, -0.15) is 5.26 Å². The van der Waals surface area contributed by atoms with E-state index in [1.54, 1.807) is 27.9 Å². The second-order valence-corrected chi connectivity index (χ2v) is 8.04. The van der Waals surface area contributed by atoms with Crippen LogP contribution < -0.4 is 0 Å². The molecule has 0 rings (SSSR count). The summed E-state index contributed by atoms with van der Waals surface area (Å²) in [6.07, 6.45) is 0.402. The van der Waals surface area contributed by atoms with Gasteiger partial charge in [-0.15, -0.1) is 0 Å². The van der Waals surface area contributed by atoms with Crippen molar-refractivity contribution in [3.8, 4) is 6.07 Å². The Bertz CT molecular complexity index is 366. The molecule has 0 spiro atoms. The predicted octanol–water partition coefficient (Wildman–Crippen LogP) is 1.06. The fourth-order valence-electron chi connectivity index (χ4n) is 1.32. The van der Waals surface area contributed by atoms with Gasteiger partial charge in [0.25, 0.3) is 0 Å². The molecule has 0 N–H and O–H groups in total. The van der Waals surface area contributed by atoms with E-state index in [9.17, 15) is 8.42 Å². The Morgan fingerprint density at radius 2 is 1.83 bits per heavy atom. The molecule has 0 amide bonds. The normalized spacial score (nSPS) is 12.7. The molecule has 0 aromatic carbocycles. The summed E-state index contributed by atoms with van der Waals surface area (Å²) in [7, 11) is -1.50. The maximum atomic E-state index is 12.0. The van der Waals surface area contributed by atoms with Crippen LogP contribution in [0.15, 0.2) is 0 Å². The van der Waals surface area contributed by atoms with Crippen LogP contribution in [-0.4, -0.2) is 57.2 Å². The van der Waals surface area contributed by atoms with E-state index in [-0.39, 0.29) is 5.75 Å². The van der Waals surface area contributed by atoms with Crippen molar-refractivity contribution in [3.63, 3.8) is 0 Å². The van der Waals surface area contributed by atoms with Crippen molar-refractivity contribution in [1.29, 1.82) is 5.26 Å². The molecular weight excluding hydrogens is 252 g/mol. The summed E-state index contributed by atoms with van der Waals surface area (Å²) in [5, 5.41) is 8.57. The van der Waals surface area contributed by atoms with Crippen molar-refractivity contribution in [3.05, 3.63) is 0 Å². The molecular formula is C12H24N2O3S. The minimum atomic E-state index is -3.11. The van der Waals surface area contributed by atoms with Crippen LogP contribution in [0.2, 0.25) is 0 Å². The van der Waals surface area contributed by atoms with Crippen LogP contribution >= 0.6 is 0 Å². The van der Waals surface area contributed by atoms with Crippen LogP contribution in [0.25, 0.3) is 0 Å². The molecule has 106 valence electrons. The molecule has 0 aliphatic carbocycles. The van der Waals surface area contributed by atoms with Gasteiger partial charge in [0.2, 0.25) is 0 Å². The lowest BCUT2D eigenvalue weighted by molar-refractivity contribution is 0.152. The lowest BCUT2D eigenvalue weighted by Gasteiger charge is -2.24. The number of rotatable bonds is 8. The molecule has 0 heterocycles. The molecule has 0 aliphatic rings. The standard InChI is InChI=1S/C12H24N2O3S/c1-12(2,3)18(15,16)11-9-14(7-5-6-13)8-10-17-4/h5,7-11H2,1-4H3. The molecule has 5 nitrogen and oxygen atoms in total. The highest BCUT2D eigenvalue weighted by Crippen LogP contribution is 2.15. The Labute approximate surface area is 111 Å². The molecule has 0 aliphatic heterocycles. The van der Waals surface area contributed by atoms with E-state index in [1.165, 1.54) is 0 Å². The minimum Gasteiger partial charge on any atom is -0.383 e. The summed E-state index contributed by atoms with van der Waals surface area (Å²) in [5.41, 5.74) is 0. The first-order valence-electron chi connectivity index (χ1n) is 6.05. The van der Waals surface area contributed by atoms with E-state index < -0.39 is 14.6 Å². The number of nitrogens with zero attached hydrogens (tertiary/aromatic N) is 2. The van der Waals surface area contributed by atoms with E-state index >= 15 is 0 Å². The van der Waals surface area contributed by atoms with Gasteiger partial charge in [0, 0.05) is 33.2 Å². The van der Waals surface area contributed by atoms with Gasteiger partial charge in [-0.05, 0) is 20.8 Å². The predicted molar refractivity (Wildman–Crippen MR) is 72.1 cm³/mol. The molecule has 6 heteroatoms. The van der Waals surface area contributed by atoms with Crippen molar-refractivity contribution >= 4 is 9.84 Å². The van der Waals surface area contributed by atoms with Crippen LogP contribution in [0.4, 0.5) is 0 Å². The molecule has 0 atom stereocenters. The van der Waals surface area contributed by atoms with Crippen LogP contribution in [0.3, 0.4) is 0 Å². The van der Waals surface area contributed by atoms with Gasteiger partial charge >= 0.3 is 0 Å². The van der Waals surface area contributed by atoms with E-state index in [0.29, 0.717) is 32.7 Å². The van der Waals surface area contributed by atoms with Gasteiger partial charge in [-0.3, -0.25) is 4.90 Å². The molecule has 0 aromatic heterocycles. The molecule has 0 aromatic rings. The fraction of sp³-hybridized carbons (Fsp3) is 0.917. The molecule has 0 unspecified atom stereocenters. The summed E-state index contributed by atoms with van der Waals surface area (Å²) < 4.78 is 28.2. The van der Waals surface area contributed by atoms with Crippen molar-refractivity contribution in [2.45, 2.75) is 31.9 Å². The fourth-order valence-corrected chi connectivity index (χ4v) is 2.43. The van der Waals surface area contributed by atoms with Crippen molar-refractivity contribution < 1.29 is 13.2 Å². The Balaban J connectivity index is 4.38. The minimum absolute atomic E-state index is 0.117. The second kappa shape index (κ2) is 7.72. The number of methoxy groups -OCH3 is 1. The maximum absolute atomic E-state index is 12.0. The van der Waals surface area contributed by atoms with Crippen molar-refractivity contribution in [1.82, 2.24) is 4.90 Å². The van der Waals surface area contributed by atoms with E-state index in [4.69, 9.17) is 10.00 Å². The molecule has 0 radical (unpaired) electrons. The largest absolute Gasteiger partial charge is 0.383 e.